The maximum absolute atomic E-state index is 12.6. The zero-order chi connectivity index (χ0) is 17.5. The predicted molar refractivity (Wildman–Crippen MR) is 97.5 cm³/mol. The molecule has 3 rings (SSSR count). The SMILES string of the molecule is Cc1cc(C(=O)N[C@H]2CCS(=O)(=O)C2)c(C)n1-c1cccc(Br)c1. The first-order valence-corrected chi connectivity index (χ1v) is 10.3. The number of sulfone groups is 1. The van der Waals surface area contributed by atoms with Gasteiger partial charge in [0.1, 0.15) is 0 Å². The van der Waals surface area contributed by atoms with Gasteiger partial charge in [0.2, 0.25) is 0 Å². The van der Waals surface area contributed by atoms with Crippen molar-refractivity contribution >= 4 is 31.7 Å². The molecule has 2 heterocycles. The Morgan fingerprint density at radius 1 is 1.29 bits per heavy atom. The van der Waals surface area contributed by atoms with E-state index in [-0.39, 0.29) is 23.5 Å². The van der Waals surface area contributed by atoms with E-state index in [1.807, 2.05) is 48.7 Å². The van der Waals surface area contributed by atoms with Gasteiger partial charge in [-0.1, -0.05) is 22.0 Å². The lowest BCUT2D eigenvalue weighted by molar-refractivity contribution is 0.0940. The summed E-state index contributed by atoms with van der Waals surface area (Å²) < 4.78 is 26.1. The minimum Gasteiger partial charge on any atom is -0.348 e. The molecule has 0 unspecified atom stereocenters. The monoisotopic (exact) mass is 410 g/mol. The third kappa shape index (κ3) is 3.42. The zero-order valence-corrected chi connectivity index (χ0v) is 15.9. The Kier molecular flexibility index (Phi) is 4.57. The Hall–Kier alpha value is -1.60. The summed E-state index contributed by atoms with van der Waals surface area (Å²) in [6.07, 6.45) is 0.485. The van der Waals surface area contributed by atoms with Crippen molar-refractivity contribution in [3.63, 3.8) is 0 Å². The summed E-state index contributed by atoms with van der Waals surface area (Å²) in [6, 6.07) is 9.42. The summed E-state index contributed by atoms with van der Waals surface area (Å²) in [6.45, 7) is 3.85. The average Bonchev–Trinajstić information content (AvgIpc) is 2.98. The number of aromatic nitrogens is 1. The quantitative estimate of drug-likeness (QED) is 0.845. The molecule has 0 spiro atoms. The van der Waals surface area contributed by atoms with Crippen LogP contribution in [0.1, 0.15) is 28.2 Å². The van der Waals surface area contributed by atoms with Crippen LogP contribution in [-0.2, 0) is 9.84 Å². The van der Waals surface area contributed by atoms with Crippen molar-refractivity contribution in [2.45, 2.75) is 26.3 Å². The number of hydrogen-bond donors (Lipinski definition) is 1. The number of hydrogen-bond acceptors (Lipinski definition) is 3. The van der Waals surface area contributed by atoms with Crippen LogP contribution in [0.15, 0.2) is 34.8 Å². The predicted octanol–water partition coefficient (Wildman–Crippen LogP) is 2.77. The number of nitrogens with one attached hydrogen (secondary N) is 1. The molecular weight excluding hydrogens is 392 g/mol. The summed E-state index contributed by atoms with van der Waals surface area (Å²) in [4.78, 5) is 12.6. The number of nitrogens with zero attached hydrogens (tertiary/aromatic N) is 1. The van der Waals surface area contributed by atoms with Crippen molar-refractivity contribution in [3.05, 3.63) is 51.8 Å². The lowest BCUT2D eigenvalue weighted by Crippen LogP contribution is -2.35. The molecule has 0 radical (unpaired) electrons. The van der Waals surface area contributed by atoms with Gasteiger partial charge in [-0.15, -0.1) is 0 Å². The number of aryl methyl sites for hydroxylation is 1. The van der Waals surface area contributed by atoms with Crippen LogP contribution in [0.25, 0.3) is 5.69 Å². The van der Waals surface area contributed by atoms with Gasteiger partial charge in [0, 0.05) is 27.6 Å². The summed E-state index contributed by atoms with van der Waals surface area (Å²) in [5.41, 5.74) is 3.34. The van der Waals surface area contributed by atoms with Crippen molar-refractivity contribution in [3.8, 4) is 5.69 Å². The summed E-state index contributed by atoms with van der Waals surface area (Å²) >= 11 is 3.46. The highest BCUT2D eigenvalue weighted by molar-refractivity contribution is 9.10. The molecule has 1 aliphatic rings. The molecule has 0 saturated carbocycles. The minimum atomic E-state index is -3.01. The second-order valence-electron chi connectivity index (χ2n) is 6.17. The van der Waals surface area contributed by atoms with Gasteiger partial charge in [-0.2, -0.15) is 0 Å². The molecule has 1 fully saturated rings. The van der Waals surface area contributed by atoms with Gasteiger partial charge in [0.25, 0.3) is 5.91 Å². The van der Waals surface area contributed by atoms with Gasteiger partial charge >= 0.3 is 0 Å². The topological polar surface area (TPSA) is 68.2 Å². The molecule has 7 heteroatoms. The summed E-state index contributed by atoms with van der Waals surface area (Å²) in [5, 5.41) is 2.85. The third-order valence-corrected chi connectivity index (χ3v) is 6.57. The zero-order valence-electron chi connectivity index (χ0n) is 13.5. The van der Waals surface area contributed by atoms with E-state index in [1.54, 1.807) is 0 Å². The number of carbonyl (C=O) groups is 1. The minimum absolute atomic E-state index is 0.0309. The van der Waals surface area contributed by atoms with Crippen molar-refractivity contribution in [1.82, 2.24) is 9.88 Å². The van der Waals surface area contributed by atoms with E-state index < -0.39 is 9.84 Å². The van der Waals surface area contributed by atoms with Gasteiger partial charge in [-0.3, -0.25) is 4.79 Å². The van der Waals surface area contributed by atoms with Gasteiger partial charge in [-0.05, 0) is 44.5 Å². The van der Waals surface area contributed by atoms with E-state index in [1.165, 1.54) is 0 Å². The third-order valence-electron chi connectivity index (χ3n) is 4.31. The molecule has 128 valence electrons. The molecule has 24 heavy (non-hydrogen) atoms. The molecule has 1 aromatic heterocycles. The maximum Gasteiger partial charge on any atom is 0.253 e. The van der Waals surface area contributed by atoms with E-state index in [4.69, 9.17) is 0 Å². The first-order valence-electron chi connectivity index (χ1n) is 7.73. The first kappa shape index (κ1) is 17.2. The molecule has 1 amide bonds. The number of halogens is 1. The fourth-order valence-electron chi connectivity index (χ4n) is 3.18. The van der Waals surface area contributed by atoms with E-state index in [2.05, 4.69) is 21.2 Å². The fraction of sp³-hybridized carbons (Fsp3) is 0.353. The van der Waals surface area contributed by atoms with Crippen molar-refractivity contribution in [2.24, 2.45) is 0 Å². The lowest BCUT2D eigenvalue weighted by Gasteiger charge is -2.12. The van der Waals surface area contributed by atoms with Crippen LogP contribution in [-0.4, -0.2) is 36.4 Å². The Morgan fingerprint density at radius 3 is 2.67 bits per heavy atom. The highest BCUT2D eigenvalue weighted by Crippen LogP contribution is 2.23. The molecule has 1 saturated heterocycles. The van der Waals surface area contributed by atoms with Gasteiger partial charge in [-0.25, -0.2) is 8.42 Å². The highest BCUT2D eigenvalue weighted by atomic mass is 79.9. The Balaban J connectivity index is 1.87. The Morgan fingerprint density at radius 2 is 2.04 bits per heavy atom. The number of rotatable bonds is 3. The van der Waals surface area contributed by atoms with E-state index in [0.29, 0.717) is 12.0 Å². The second kappa shape index (κ2) is 6.37. The molecule has 1 aromatic carbocycles. The molecule has 5 nitrogen and oxygen atoms in total. The van der Waals surface area contributed by atoms with Crippen LogP contribution in [0.5, 0.6) is 0 Å². The van der Waals surface area contributed by atoms with Crippen LogP contribution in [0, 0.1) is 13.8 Å². The molecule has 1 aliphatic heterocycles. The molecule has 0 aliphatic carbocycles. The molecular formula is C17H19BrN2O3S. The summed E-state index contributed by atoms with van der Waals surface area (Å²) in [5.74, 6) is -0.0376. The fourth-order valence-corrected chi connectivity index (χ4v) is 5.24. The van der Waals surface area contributed by atoms with Crippen LogP contribution >= 0.6 is 15.9 Å². The van der Waals surface area contributed by atoms with Gasteiger partial charge in [0.05, 0.1) is 17.1 Å². The molecule has 2 aromatic rings. The number of amides is 1. The Labute approximate surface area is 150 Å². The number of benzene rings is 1. The smallest absolute Gasteiger partial charge is 0.253 e. The van der Waals surface area contributed by atoms with Crippen molar-refractivity contribution in [2.75, 3.05) is 11.5 Å². The average molecular weight is 411 g/mol. The standard InChI is InChI=1S/C17H19BrN2O3S/c1-11-8-16(17(21)19-14-6-7-24(22,23)10-14)12(2)20(11)15-5-3-4-13(18)9-15/h3-5,8-9,14H,6-7,10H2,1-2H3,(H,19,21)/t14-/m0/s1. The van der Waals surface area contributed by atoms with E-state index >= 15 is 0 Å². The normalized spacial score (nSPS) is 19.4. The van der Waals surface area contributed by atoms with Crippen LogP contribution in [0.2, 0.25) is 0 Å². The van der Waals surface area contributed by atoms with Crippen LogP contribution in [0.3, 0.4) is 0 Å². The van der Waals surface area contributed by atoms with Crippen LogP contribution in [0.4, 0.5) is 0 Å². The van der Waals surface area contributed by atoms with E-state index in [9.17, 15) is 13.2 Å². The van der Waals surface area contributed by atoms with Crippen molar-refractivity contribution in [1.29, 1.82) is 0 Å². The first-order chi connectivity index (χ1) is 11.3. The lowest BCUT2D eigenvalue weighted by atomic mass is 10.2. The second-order valence-corrected chi connectivity index (χ2v) is 9.32. The van der Waals surface area contributed by atoms with Crippen LogP contribution < -0.4 is 5.32 Å². The number of carbonyl (C=O) groups excluding carboxylic acids is 1. The van der Waals surface area contributed by atoms with Gasteiger partial charge in [0.15, 0.2) is 9.84 Å². The molecule has 0 bridgehead atoms. The molecule has 1 atom stereocenters. The Bertz CT molecular complexity index is 903. The summed E-state index contributed by atoms with van der Waals surface area (Å²) in [7, 11) is -3.01. The molecule has 1 N–H and O–H groups in total. The van der Waals surface area contributed by atoms with Crippen molar-refractivity contribution < 1.29 is 13.2 Å². The van der Waals surface area contributed by atoms with E-state index in [0.717, 1.165) is 21.5 Å². The van der Waals surface area contributed by atoms with Gasteiger partial charge < -0.3 is 9.88 Å². The maximum atomic E-state index is 12.6. The highest BCUT2D eigenvalue weighted by Gasteiger charge is 2.30. The largest absolute Gasteiger partial charge is 0.348 e.